The number of benzene rings is 2. The average Bonchev–Trinajstić information content (AvgIpc) is 2.86. The highest BCUT2D eigenvalue weighted by Crippen LogP contribution is 2.37. The zero-order chi connectivity index (χ0) is 24.6. The number of anilines is 2. The van der Waals surface area contributed by atoms with E-state index >= 15 is 0 Å². The summed E-state index contributed by atoms with van der Waals surface area (Å²) < 4.78 is 40.7. The van der Waals surface area contributed by atoms with Crippen LogP contribution in [0.5, 0.6) is 0 Å². The van der Waals surface area contributed by atoms with E-state index in [0.29, 0.717) is 23.2 Å². The van der Waals surface area contributed by atoms with Gasteiger partial charge in [0.05, 0.1) is 28.0 Å². The molecule has 8 heteroatoms. The van der Waals surface area contributed by atoms with E-state index in [1.54, 1.807) is 0 Å². The molecule has 5 nitrogen and oxygen atoms in total. The Morgan fingerprint density at radius 3 is 2.57 bits per heavy atom. The highest BCUT2D eigenvalue weighted by molar-refractivity contribution is 6.14. The van der Waals surface area contributed by atoms with E-state index in [2.05, 4.69) is 22.0 Å². The fourth-order valence-corrected chi connectivity index (χ4v) is 5.18. The van der Waals surface area contributed by atoms with Gasteiger partial charge in [0, 0.05) is 49.2 Å². The van der Waals surface area contributed by atoms with Crippen molar-refractivity contribution in [3.8, 4) is 0 Å². The van der Waals surface area contributed by atoms with Crippen LogP contribution in [0, 0.1) is 0 Å². The molecule has 2 aliphatic heterocycles. The van der Waals surface area contributed by atoms with Crippen LogP contribution >= 0.6 is 0 Å². The molecule has 0 atom stereocenters. The summed E-state index contributed by atoms with van der Waals surface area (Å²) in [4.78, 5) is 23.0. The monoisotopic (exact) mass is 482 g/mol. The Morgan fingerprint density at radius 2 is 1.83 bits per heavy atom. The number of carbonyl (C=O) groups is 1. The molecule has 0 radical (unpaired) electrons. The van der Waals surface area contributed by atoms with Gasteiger partial charge in [0.2, 0.25) is 0 Å². The summed E-state index contributed by atoms with van der Waals surface area (Å²) in [6, 6.07) is 11.1. The lowest BCUT2D eigenvalue weighted by Gasteiger charge is -2.31. The van der Waals surface area contributed by atoms with Crippen molar-refractivity contribution in [2.24, 2.45) is 0 Å². The second-order valence-corrected chi connectivity index (χ2v) is 9.28. The molecule has 184 valence electrons. The normalized spacial score (nSPS) is 16.9. The Kier molecular flexibility index (Phi) is 6.40. The zero-order valence-corrected chi connectivity index (χ0v) is 19.8. The molecule has 0 spiro atoms. The number of alkyl halides is 3. The molecule has 1 fully saturated rings. The number of para-hydroxylation sites is 1. The quantitative estimate of drug-likeness (QED) is 0.505. The number of nitrogens with zero attached hydrogens (tertiary/aromatic N) is 3. The molecule has 3 heterocycles. The van der Waals surface area contributed by atoms with Crippen molar-refractivity contribution < 1.29 is 18.0 Å². The lowest BCUT2D eigenvalue weighted by Crippen LogP contribution is -2.33. The van der Waals surface area contributed by atoms with Crippen molar-refractivity contribution in [3.63, 3.8) is 0 Å². The van der Waals surface area contributed by atoms with Gasteiger partial charge < -0.3 is 10.2 Å². The van der Waals surface area contributed by atoms with Crippen LogP contribution in [0.15, 0.2) is 42.5 Å². The average molecular weight is 483 g/mol. The lowest BCUT2D eigenvalue weighted by atomic mass is 9.95. The van der Waals surface area contributed by atoms with Gasteiger partial charge in [-0.15, -0.1) is 0 Å². The van der Waals surface area contributed by atoms with Gasteiger partial charge in [-0.2, -0.15) is 13.2 Å². The minimum atomic E-state index is -4.50. The van der Waals surface area contributed by atoms with Crippen LogP contribution in [0.25, 0.3) is 10.9 Å². The lowest BCUT2D eigenvalue weighted by molar-refractivity contribution is -0.137. The summed E-state index contributed by atoms with van der Waals surface area (Å²) in [6.07, 6.45) is -0.712. The van der Waals surface area contributed by atoms with Crippen molar-refractivity contribution >= 4 is 28.2 Å². The van der Waals surface area contributed by atoms with Gasteiger partial charge in [-0.05, 0) is 50.1 Å². The summed E-state index contributed by atoms with van der Waals surface area (Å²) in [5, 5.41) is 3.60. The highest BCUT2D eigenvalue weighted by Gasteiger charge is 2.32. The number of aromatic nitrogens is 1. The Hall–Kier alpha value is -3.13. The molecule has 1 amide bonds. The van der Waals surface area contributed by atoms with Gasteiger partial charge in [0.25, 0.3) is 5.91 Å². The SMILES string of the molecule is CCN1CCc2nc3ccccc3c(C(=O)Nc3cc(C(F)(F)F)ccc3N3CCCCC3)c2C1. The molecule has 0 saturated carbocycles. The first-order valence-electron chi connectivity index (χ1n) is 12.3. The number of hydrogen-bond donors (Lipinski definition) is 1. The first-order valence-corrected chi connectivity index (χ1v) is 12.3. The van der Waals surface area contributed by atoms with E-state index in [9.17, 15) is 18.0 Å². The van der Waals surface area contributed by atoms with Gasteiger partial charge in [-0.25, -0.2) is 0 Å². The number of likely N-dealkylation sites (N-methyl/N-ethyl adjacent to an activating group) is 1. The second-order valence-electron chi connectivity index (χ2n) is 9.28. The van der Waals surface area contributed by atoms with Crippen molar-refractivity contribution in [1.29, 1.82) is 0 Å². The highest BCUT2D eigenvalue weighted by atomic mass is 19.4. The Morgan fingerprint density at radius 1 is 1.06 bits per heavy atom. The van der Waals surface area contributed by atoms with Gasteiger partial charge in [0.1, 0.15) is 0 Å². The second kappa shape index (κ2) is 9.49. The van der Waals surface area contributed by atoms with Crippen LogP contribution in [0.3, 0.4) is 0 Å². The number of amides is 1. The van der Waals surface area contributed by atoms with Crippen molar-refractivity contribution in [1.82, 2.24) is 9.88 Å². The number of pyridine rings is 1. The van der Waals surface area contributed by atoms with Crippen LogP contribution < -0.4 is 10.2 Å². The zero-order valence-electron chi connectivity index (χ0n) is 19.8. The molecule has 2 aromatic carbocycles. The fourth-order valence-electron chi connectivity index (χ4n) is 5.18. The molecule has 0 unspecified atom stereocenters. The maximum atomic E-state index is 13.8. The van der Waals surface area contributed by atoms with Crippen molar-refractivity contribution in [2.45, 2.75) is 45.3 Å². The summed E-state index contributed by atoms with van der Waals surface area (Å²) in [5.74, 6) is -0.393. The minimum absolute atomic E-state index is 0.199. The standard InChI is InChI=1S/C27H29F3N4O/c1-2-33-15-12-22-20(17-33)25(19-8-4-5-9-21(19)31-22)26(35)32-23-16-18(27(28,29)30)10-11-24(23)34-13-6-3-7-14-34/h4-5,8-11,16H,2-3,6-7,12-15,17H2,1H3,(H,32,35). The summed E-state index contributed by atoms with van der Waals surface area (Å²) in [5.41, 5.74) is 3.04. The molecular formula is C27H29F3N4O. The Bertz CT molecular complexity index is 1250. The maximum Gasteiger partial charge on any atom is 0.416 e. The maximum absolute atomic E-state index is 13.8. The van der Waals surface area contributed by atoms with Crippen molar-refractivity contribution in [3.05, 3.63) is 64.8 Å². The Labute approximate surface area is 202 Å². The third kappa shape index (κ3) is 4.72. The van der Waals surface area contributed by atoms with Crippen LogP contribution in [-0.4, -0.2) is 42.0 Å². The third-order valence-electron chi connectivity index (χ3n) is 7.07. The van der Waals surface area contributed by atoms with Crippen LogP contribution in [0.2, 0.25) is 0 Å². The van der Waals surface area contributed by atoms with E-state index in [4.69, 9.17) is 4.98 Å². The van der Waals surface area contributed by atoms with Gasteiger partial charge in [-0.3, -0.25) is 14.7 Å². The molecule has 35 heavy (non-hydrogen) atoms. The molecule has 2 aliphatic rings. The molecule has 1 N–H and O–H groups in total. The van der Waals surface area contributed by atoms with Crippen LogP contribution in [0.4, 0.5) is 24.5 Å². The summed E-state index contributed by atoms with van der Waals surface area (Å²) in [6.45, 7) is 5.89. The van der Waals surface area contributed by atoms with E-state index in [-0.39, 0.29) is 5.69 Å². The predicted molar refractivity (Wildman–Crippen MR) is 132 cm³/mol. The smallest absolute Gasteiger partial charge is 0.370 e. The molecule has 1 saturated heterocycles. The minimum Gasteiger partial charge on any atom is -0.370 e. The number of carbonyl (C=O) groups excluding carboxylic acids is 1. The Balaban J connectivity index is 1.60. The number of nitrogens with one attached hydrogen (secondary N) is 1. The number of fused-ring (bicyclic) bond motifs is 2. The van der Waals surface area contributed by atoms with Gasteiger partial charge in [0.15, 0.2) is 0 Å². The molecule has 1 aromatic heterocycles. The van der Waals surface area contributed by atoms with Crippen molar-refractivity contribution in [2.75, 3.05) is 36.4 Å². The molecule has 0 bridgehead atoms. The first kappa shape index (κ1) is 23.6. The molecule has 0 aliphatic carbocycles. The van der Waals surface area contributed by atoms with Crippen LogP contribution in [-0.2, 0) is 19.1 Å². The first-order chi connectivity index (χ1) is 16.8. The number of piperidine rings is 1. The molecule has 3 aromatic rings. The molecule has 5 rings (SSSR count). The number of halogens is 3. The number of rotatable bonds is 4. The number of hydrogen-bond acceptors (Lipinski definition) is 4. The summed E-state index contributed by atoms with van der Waals surface area (Å²) >= 11 is 0. The van der Waals surface area contributed by atoms with E-state index in [1.807, 2.05) is 24.3 Å². The molecular weight excluding hydrogens is 453 g/mol. The largest absolute Gasteiger partial charge is 0.416 e. The van der Waals surface area contributed by atoms with Crippen LogP contribution in [0.1, 0.15) is 53.4 Å². The summed E-state index contributed by atoms with van der Waals surface area (Å²) in [7, 11) is 0. The predicted octanol–water partition coefficient (Wildman–Crippen LogP) is 5.87. The van der Waals surface area contributed by atoms with Gasteiger partial charge >= 0.3 is 6.18 Å². The topological polar surface area (TPSA) is 48.5 Å². The van der Waals surface area contributed by atoms with E-state index < -0.39 is 17.6 Å². The third-order valence-corrected chi connectivity index (χ3v) is 7.07. The fraction of sp³-hybridized carbons (Fsp3) is 0.407. The van der Waals surface area contributed by atoms with Gasteiger partial charge in [-0.1, -0.05) is 25.1 Å². The van der Waals surface area contributed by atoms with E-state index in [0.717, 1.165) is 80.8 Å². The van der Waals surface area contributed by atoms with E-state index in [1.165, 1.54) is 6.07 Å².